The number of aromatic amines is 1. The third kappa shape index (κ3) is 5.54. The fraction of sp³-hybridized carbons (Fsp3) is 0.722. The zero-order chi connectivity index (χ0) is 18.2. The number of aromatic nitrogens is 2. The molecule has 1 unspecified atom stereocenters. The van der Waals surface area contributed by atoms with Crippen LogP contribution in [0, 0.1) is 5.92 Å². The molecule has 0 saturated carbocycles. The summed E-state index contributed by atoms with van der Waals surface area (Å²) < 4.78 is 5.35. The highest BCUT2D eigenvalue weighted by Crippen LogP contribution is 2.18. The Kier molecular flexibility index (Phi) is 7.02. The molecule has 1 aromatic rings. The van der Waals surface area contributed by atoms with Gasteiger partial charge < -0.3 is 19.9 Å². The minimum absolute atomic E-state index is 0.0511. The molecule has 2 amide bonds. The average molecular weight is 363 g/mol. The molecule has 8 nitrogen and oxygen atoms in total. The van der Waals surface area contributed by atoms with Gasteiger partial charge in [-0.2, -0.15) is 0 Å². The smallest absolute Gasteiger partial charge is 0.224 e. The van der Waals surface area contributed by atoms with E-state index < -0.39 is 0 Å². The Morgan fingerprint density at radius 2 is 2.19 bits per heavy atom. The number of H-pyrrole nitrogens is 1. The summed E-state index contributed by atoms with van der Waals surface area (Å²) in [5, 5.41) is 2.99. The van der Waals surface area contributed by atoms with E-state index in [1.807, 2.05) is 4.90 Å². The number of piperidine rings is 1. The Morgan fingerprint density at radius 1 is 1.35 bits per heavy atom. The van der Waals surface area contributed by atoms with Crippen LogP contribution >= 0.6 is 0 Å². The van der Waals surface area contributed by atoms with Gasteiger partial charge in [0.05, 0.1) is 25.5 Å². The predicted octanol–water partition coefficient (Wildman–Crippen LogP) is 0.0293. The molecule has 0 spiro atoms. The molecule has 26 heavy (non-hydrogen) atoms. The monoisotopic (exact) mass is 363 g/mol. The van der Waals surface area contributed by atoms with E-state index >= 15 is 0 Å². The lowest BCUT2D eigenvalue weighted by atomic mass is 9.96. The number of carbonyl (C=O) groups excluding carboxylic acids is 2. The molecule has 2 saturated heterocycles. The maximum atomic E-state index is 12.4. The number of likely N-dealkylation sites (tertiary alicyclic amines) is 1. The van der Waals surface area contributed by atoms with Gasteiger partial charge >= 0.3 is 0 Å². The van der Waals surface area contributed by atoms with E-state index in [9.17, 15) is 9.59 Å². The first-order valence-corrected chi connectivity index (χ1v) is 9.55. The van der Waals surface area contributed by atoms with Gasteiger partial charge in [0.2, 0.25) is 11.8 Å². The van der Waals surface area contributed by atoms with Crippen molar-refractivity contribution in [2.45, 2.75) is 25.7 Å². The van der Waals surface area contributed by atoms with Crippen molar-refractivity contribution in [2.24, 2.45) is 5.92 Å². The minimum Gasteiger partial charge on any atom is -0.379 e. The standard InChI is InChI=1S/C18H29N5O3/c24-17-3-2-15(18(25)20-5-4-16-12-19-14-21-16)13-23(17)7-1-6-22-8-10-26-11-9-22/h12,14-15H,1-11,13H2,(H,19,21)(H,20,25). The molecule has 1 aromatic heterocycles. The van der Waals surface area contributed by atoms with Crippen LogP contribution < -0.4 is 5.32 Å². The average Bonchev–Trinajstić information content (AvgIpc) is 3.17. The Morgan fingerprint density at radius 3 is 2.96 bits per heavy atom. The summed E-state index contributed by atoms with van der Waals surface area (Å²) in [4.78, 5) is 35.8. The third-order valence-electron chi connectivity index (χ3n) is 5.13. The number of morpholine rings is 1. The Labute approximate surface area is 154 Å². The second-order valence-corrected chi connectivity index (χ2v) is 7.00. The first-order valence-electron chi connectivity index (χ1n) is 9.55. The summed E-state index contributed by atoms with van der Waals surface area (Å²) in [6.07, 6.45) is 6.20. The third-order valence-corrected chi connectivity index (χ3v) is 5.13. The lowest BCUT2D eigenvalue weighted by molar-refractivity contribution is -0.138. The molecule has 8 heteroatoms. The molecule has 2 fully saturated rings. The van der Waals surface area contributed by atoms with Crippen molar-refractivity contribution in [1.29, 1.82) is 0 Å². The van der Waals surface area contributed by atoms with Crippen LogP contribution in [0.25, 0.3) is 0 Å². The summed E-state index contributed by atoms with van der Waals surface area (Å²) in [5.41, 5.74) is 1.01. The van der Waals surface area contributed by atoms with E-state index in [-0.39, 0.29) is 17.7 Å². The Bertz CT molecular complexity index is 571. The van der Waals surface area contributed by atoms with Gasteiger partial charge in [0.1, 0.15) is 0 Å². The molecular weight excluding hydrogens is 334 g/mol. The van der Waals surface area contributed by atoms with Crippen molar-refractivity contribution < 1.29 is 14.3 Å². The number of hydrogen-bond donors (Lipinski definition) is 2. The van der Waals surface area contributed by atoms with Gasteiger partial charge in [-0.3, -0.25) is 14.5 Å². The fourth-order valence-corrected chi connectivity index (χ4v) is 3.54. The second-order valence-electron chi connectivity index (χ2n) is 7.00. The van der Waals surface area contributed by atoms with E-state index in [4.69, 9.17) is 4.74 Å². The number of rotatable bonds is 8. The second kappa shape index (κ2) is 9.68. The first-order chi connectivity index (χ1) is 12.7. The molecule has 0 bridgehead atoms. The quantitative estimate of drug-likeness (QED) is 0.680. The highest BCUT2D eigenvalue weighted by molar-refractivity contribution is 5.83. The van der Waals surface area contributed by atoms with Crippen LogP contribution in [0.1, 0.15) is 25.0 Å². The van der Waals surface area contributed by atoms with E-state index in [0.29, 0.717) is 25.9 Å². The van der Waals surface area contributed by atoms with Crippen LogP contribution in [0.2, 0.25) is 0 Å². The number of nitrogens with one attached hydrogen (secondary N) is 2. The van der Waals surface area contributed by atoms with Crippen LogP contribution in [0.5, 0.6) is 0 Å². The van der Waals surface area contributed by atoms with Crippen LogP contribution in [-0.2, 0) is 20.7 Å². The summed E-state index contributed by atoms with van der Waals surface area (Å²) in [7, 11) is 0. The molecule has 2 N–H and O–H groups in total. The van der Waals surface area contributed by atoms with E-state index in [1.54, 1.807) is 12.5 Å². The fourth-order valence-electron chi connectivity index (χ4n) is 3.54. The molecule has 2 aliphatic heterocycles. The van der Waals surface area contributed by atoms with Crippen LogP contribution in [0.15, 0.2) is 12.5 Å². The van der Waals surface area contributed by atoms with Gasteiger partial charge in [0, 0.05) is 64.0 Å². The number of amides is 2. The SMILES string of the molecule is O=C(NCCc1cnc[nH]1)C1CCC(=O)N(CCCN2CCOCC2)C1. The van der Waals surface area contributed by atoms with E-state index in [1.165, 1.54) is 0 Å². The van der Waals surface area contributed by atoms with Crippen molar-refractivity contribution in [2.75, 3.05) is 52.5 Å². The molecular formula is C18H29N5O3. The van der Waals surface area contributed by atoms with Crippen molar-refractivity contribution in [1.82, 2.24) is 25.1 Å². The number of carbonyl (C=O) groups is 2. The highest BCUT2D eigenvalue weighted by Gasteiger charge is 2.29. The number of imidazole rings is 1. The minimum atomic E-state index is -0.0992. The molecule has 144 valence electrons. The molecule has 3 rings (SSSR count). The summed E-state index contributed by atoms with van der Waals surface area (Å²) in [5.74, 6) is 0.126. The molecule has 2 aliphatic rings. The molecule has 3 heterocycles. The highest BCUT2D eigenvalue weighted by atomic mass is 16.5. The maximum absolute atomic E-state index is 12.4. The number of hydrogen-bond acceptors (Lipinski definition) is 5. The predicted molar refractivity (Wildman–Crippen MR) is 96.5 cm³/mol. The van der Waals surface area contributed by atoms with Gasteiger partial charge in [0.25, 0.3) is 0 Å². The topological polar surface area (TPSA) is 90.6 Å². The molecule has 0 aromatic carbocycles. The number of ether oxygens (including phenoxy) is 1. The molecule has 0 radical (unpaired) electrons. The van der Waals surface area contributed by atoms with Gasteiger partial charge in [-0.05, 0) is 12.8 Å². The maximum Gasteiger partial charge on any atom is 0.224 e. The van der Waals surface area contributed by atoms with Crippen molar-refractivity contribution in [3.63, 3.8) is 0 Å². The zero-order valence-corrected chi connectivity index (χ0v) is 15.3. The largest absolute Gasteiger partial charge is 0.379 e. The Balaban J connectivity index is 1.37. The summed E-state index contributed by atoms with van der Waals surface area (Å²) in [6.45, 7) is 6.36. The first kappa shape index (κ1) is 18.8. The van der Waals surface area contributed by atoms with Gasteiger partial charge in [-0.1, -0.05) is 0 Å². The lowest BCUT2D eigenvalue weighted by Crippen LogP contribution is -2.47. The van der Waals surface area contributed by atoms with Crippen LogP contribution in [0.4, 0.5) is 0 Å². The normalized spacial score (nSPS) is 21.8. The van der Waals surface area contributed by atoms with Crippen molar-refractivity contribution in [3.05, 3.63) is 18.2 Å². The summed E-state index contributed by atoms with van der Waals surface area (Å²) in [6, 6.07) is 0. The van der Waals surface area contributed by atoms with Crippen molar-refractivity contribution >= 4 is 11.8 Å². The van der Waals surface area contributed by atoms with E-state index in [0.717, 1.165) is 57.9 Å². The zero-order valence-electron chi connectivity index (χ0n) is 15.3. The van der Waals surface area contributed by atoms with Gasteiger partial charge in [-0.25, -0.2) is 4.98 Å². The van der Waals surface area contributed by atoms with Crippen LogP contribution in [-0.4, -0.2) is 84.1 Å². The van der Waals surface area contributed by atoms with Gasteiger partial charge in [0.15, 0.2) is 0 Å². The van der Waals surface area contributed by atoms with Crippen molar-refractivity contribution in [3.8, 4) is 0 Å². The van der Waals surface area contributed by atoms with E-state index in [2.05, 4.69) is 20.2 Å². The van der Waals surface area contributed by atoms with Crippen LogP contribution in [0.3, 0.4) is 0 Å². The lowest BCUT2D eigenvalue weighted by Gasteiger charge is -2.33. The molecule has 1 atom stereocenters. The Hall–Kier alpha value is -1.93. The number of nitrogens with zero attached hydrogens (tertiary/aromatic N) is 3. The summed E-state index contributed by atoms with van der Waals surface area (Å²) >= 11 is 0. The van der Waals surface area contributed by atoms with Gasteiger partial charge in [-0.15, -0.1) is 0 Å². The molecule has 0 aliphatic carbocycles.